The first kappa shape index (κ1) is 74.6. The van der Waals surface area contributed by atoms with Gasteiger partial charge in [0.2, 0.25) is 0 Å². The van der Waals surface area contributed by atoms with E-state index < -0.39 is 6.10 Å². The SMILES string of the molecule is CCCCCCC/C=C\C/C=C\CCCCCCCCCCCCCC(=O)OCC(COC(=O)CCCCCCCCCCCCCCCCCCC)OC(=O)CCCCCCCCCCC/C=C\CCCCCCCC. The van der Waals surface area contributed by atoms with Crippen LogP contribution in [-0.4, -0.2) is 37.2 Å². The molecular formula is C71H132O6. The Morgan fingerprint density at radius 3 is 0.727 bits per heavy atom. The van der Waals surface area contributed by atoms with Crippen LogP contribution in [0.4, 0.5) is 0 Å². The first-order chi connectivity index (χ1) is 38.0. The topological polar surface area (TPSA) is 78.9 Å². The number of ether oxygens (including phenoxy) is 3. The molecule has 0 bridgehead atoms. The number of carbonyl (C=O) groups is 3. The van der Waals surface area contributed by atoms with E-state index in [0.717, 1.165) is 64.2 Å². The third kappa shape index (κ3) is 64.3. The Labute approximate surface area is 480 Å². The summed E-state index contributed by atoms with van der Waals surface area (Å²) >= 11 is 0. The van der Waals surface area contributed by atoms with Crippen molar-refractivity contribution in [3.05, 3.63) is 36.5 Å². The van der Waals surface area contributed by atoms with E-state index in [1.165, 1.54) is 276 Å². The molecule has 6 nitrogen and oxygen atoms in total. The van der Waals surface area contributed by atoms with Gasteiger partial charge in [-0.2, -0.15) is 0 Å². The lowest BCUT2D eigenvalue weighted by Gasteiger charge is -2.18. The number of carbonyl (C=O) groups excluding carboxylic acids is 3. The van der Waals surface area contributed by atoms with E-state index >= 15 is 0 Å². The van der Waals surface area contributed by atoms with Gasteiger partial charge in [-0.3, -0.25) is 14.4 Å². The smallest absolute Gasteiger partial charge is 0.306 e. The number of unbranched alkanes of at least 4 members (excludes halogenated alkanes) is 47. The quantitative estimate of drug-likeness (QED) is 0.0261. The average molecular weight is 1080 g/mol. The normalized spacial score (nSPS) is 12.2. The summed E-state index contributed by atoms with van der Waals surface area (Å²) in [5.74, 6) is -0.844. The van der Waals surface area contributed by atoms with Gasteiger partial charge < -0.3 is 14.2 Å². The predicted molar refractivity (Wildman–Crippen MR) is 335 cm³/mol. The monoisotopic (exact) mass is 1080 g/mol. The number of hydrogen-bond acceptors (Lipinski definition) is 6. The summed E-state index contributed by atoms with van der Waals surface area (Å²) in [5, 5.41) is 0. The molecule has 0 rings (SSSR count). The molecule has 6 heteroatoms. The molecule has 0 spiro atoms. The highest BCUT2D eigenvalue weighted by Crippen LogP contribution is 2.18. The Morgan fingerprint density at radius 1 is 0.260 bits per heavy atom. The molecule has 0 aromatic heterocycles. The van der Waals surface area contributed by atoms with Crippen molar-refractivity contribution < 1.29 is 28.6 Å². The van der Waals surface area contributed by atoms with Crippen LogP contribution in [0, 0.1) is 0 Å². The molecular weight excluding hydrogens is 949 g/mol. The van der Waals surface area contributed by atoms with E-state index in [1.54, 1.807) is 0 Å². The summed E-state index contributed by atoms with van der Waals surface area (Å²) in [6.07, 6.45) is 81.5. The van der Waals surface area contributed by atoms with Gasteiger partial charge in [0.15, 0.2) is 6.10 Å². The number of allylic oxidation sites excluding steroid dienone is 6. The number of rotatable bonds is 64. The molecule has 0 aromatic carbocycles. The zero-order chi connectivity index (χ0) is 55.7. The van der Waals surface area contributed by atoms with Gasteiger partial charge in [0.05, 0.1) is 0 Å². The summed E-state index contributed by atoms with van der Waals surface area (Å²) in [4.78, 5) is 38.4. The fourth-order valence-corrected chi connectivity index (χ4v) is 10.4. The second kappa shape index (κ2) is 66.1. The lowest BCUT2D eigenvalue weighted by atomic mass is 10.0. The maximum absolute atomic E-state index is 12.9. The van der Waals surface area contributed by atoms with Crippen LogP contribution < -0.4 is 0 Å². The average Bonchev–Trinajstić information content (AvgIpc) is 3.43. The second-order valence-corrected chi connectivity index (χ2v) is 23.4. The van der Waals surface area contributed by atoms with Crippen LogP contribution in [0.25, 0.3) is 0 Å². The second-order valence-electron chi connectivity index (χ2n) is 23.4. The largest absolute Gasteiger partial charge is 0.462 e. The van der Waals surface area contributed by atoms with Crippen molar-refractivity contribution in [1.82, 2.24) is 0 Å². The van der Waals surface area contributed by atoms with Crippen molar-refractivity contribution in [1.29, 1.82) is 0 Å². The van der Waals surface area contributed by atoms with Gasteiger partial charge in [0.1, 0.15) is 13.2 Å². The summed E-state index contributed by atoms with van der Waals surface area (Å²) in [6, 6.07) is 0. The van der Waals surface area contributed by atoms with E-state index in [4.69, 9.17) is 14.2 Å². The summed E-state index contributed by atoms with van der Waals surface area (Å²) < 4.78 is 17.0. The number of esters is 3. The zero-order valence-electron chi connectivity index (χ0n) is 52.0. The molecule has 1 atom stereocenters. The van der Waals surface area contributed by atoms with Gasteiger partial charge in [-0.25, -0.2) is 0 Å². The van der Waals surface area contributed by atoms with Gasteiger partial charge >= 0.3 is 17.9 Å². The Balaban J connectivity index is 4.31. The Morgan fingerprint density at radius 2 is 0.468 bits per heavy atom. The first-order valence-corrected chi connectivity index (χ1v) is 34.5. The van der Waals surface area contributed by atoms with E-state index in [1.807, 2.05) is 0 Å². The van der Waals surface area contributed by atoms with Crippen LogP contribution in [0.2, 0.25) is 0 Å². The highest BCUT2D eigenvalue weighted by atomic mass is 16.6. The van der Waals surface area contributed by atoms with Gasteiger partial charge in [0, 0.05) is 19.3 Å². The van der Waals surface area contributed by atoms with Crippen molar-refractivity contribution in [3.8, 4) is 0 Å². The van der Waals surface area contributed by atoms with Gasteiger partial charge in [-0.15, -0.1) is 0 Å². The van der Waals surface area contributed by atoms with E-state index in [2.05, 4.69) is 57.2 Å². The molecule has 0 aliphatic carbocycles. The predicted octanol–water partition coefficient (Wildman–Crippen LogP) is 23.6. The maximum atomic E-state index is 12.9. The summed E-state index contributed by atoms with van der Waals surface area (Å²) in [7, 11) is 0. The van der Waals surface area contributed by atoms with Gasteiger partial charge in [0.25, 0.3) is 0 Å². The third-order valence-electron chi connectivity index (χ3n) is 15.6. The van der Waals surface area contributed by atoms with Crippen molar-refractivity contribution >= 4 is 17.9 Å². The van der Waals surface area contributed by atoms with Gasteiger partial charge in [-0.05, 0) is 77.0 Å². The fraction of sp³-hybridized carbons (Fsp3) is 0.873. The van der Waals surface area contributed by atoms with Crippen LogP contribution in [0.15, 0.2) is 36.5 Å². The minimum Gasteiger partial charge on any atom is -0.462 e. The Bertz CT molecular complexity index is 1290. The van der Waals surface area contributed by atoms with Crippen LogP contribution in [0.3, 0.4) is 0 Å². The van der Waals surface area contributed by atoms with Crippen molar-refractivity contribution in [3.63, 3.8) is 0 Å². The minimum absolute atomic E-state index is 0.0684. The zero-order valence-corrected chi connectivity index (χ0v) is 52.0. The molecule has 0 aliphatic heterocycles. The fourth-order valence-electron chi connectivity index (χ4n) is 10.4. The molecule has 0 saturated heterocycles. The number of hydrogen-bond donors (Lipinski definition) is 0. The van der Waals surface area contributed by atoms with Crippen LogP contribution >= 0.6 is 0 Å². The summed E-state index contributed by atoms with van der Waals surface area (Å²) in [6.45, 7) is 6.70. The van der Waals surface area contributed by atoms with Crippen LogP contribution in [0.1, 0.15) is 380 Å². The van der Waals surface area contributed by atoms with E-state index in [-0.39, 0.29) is 31.1 Å². The lowest BCUT2D eigenvalue weighted by Crippen LogP contribution is -2.30. The molecule has 0 fully saturated rings. The van der Waals surface area contributed by atoms with Crippen LogP contribution in [0.5, 0.6) is 0 Å². The van der Waals surface area contributed by atoms with E-state index in [0.29, 0.717) is 19.3 Å². The first-order valence-electron chi connectivity index (χ1n) is 34.5. The standard InChI is InChI=1S/C71H132O6/c1-4-7-10-13-16-19-22-25-28-31-33-34-35-36-38-40-43-46-49-52-55-58-61-64-70(73)76-67-68(66-75-69(72)63-60-57-54-51-48-45-42-39-30-27-24-21-18-15-12-9-6-3)77-71(74)65-62-59-56-53-50-47-44-41-37-32-29-26-23-20-17-14-11-8-5-2/h22,25-26,29,31,33,68H,4-21,23-24,27-28,30,32,34-67H2,1-3H3/b25-22-,29-26-,33-31-. The van der Waals surface area contributed by atoms with E-state index in [9.17, 15) is 14.4 Å². The Kier molecular flexibility index (Phi) is 64.1. The van der Waals surface area contributed by atoms with Gasteiger partial charge in [-0.1, -0.05) is 320 Å². The van der Waals surface area contributed by atoms with Crippen molar-refractivity contribution in [2.24, 2.45) is 0 Å². The molecule has 0 saturated carbocycles. The molecule has 452 valence electrons. The highest BCUT2D eigenvalue weighted by Gasteiger charge is 2.19. The minimum atomic E-state index is -0.773. The highest BCUT2D eigenvalue weighted by molar-refractivity contribution is 5.71. The molecule has 0 aromatic rings. The van der Waals surface area contributed by atoms with Crippen molar-refractivity contribution in [2.45, 2.75) is 386 Å². The lowest BCUT2D eigenvalue weighted by molar-refractivity contribution is -0.167. The Hall–Kier alpha value is -2.37. The molecule has 1 unspecified atom stereocenters. The maximum Gasteiger partial charge on any atom is 0.306 e. The molecule has 0 heterocycles. The molecule has 0 amide bonds. The molecule has 0 aliphatic rings. The molecule has 77 heavy (non-hydrogen) atoms. The van der Waals surface area contributed by atoms with Crippen LogP contribution in [-0.2, 0) is 28.6 Å². The van der Waals surface area contributed by atoms with Crippen molar-refractivity contribution in [2.75, 3.05) is 13.2 Å². The molecule has 0 N–H and O–H groups in total. The molecule has 0 radical (unpaired) electrons. The summed E-state index contributed by atoms with van der Waals surface area (Å²) in [5.41, 5.74) is 0. The third-order valence-corrected chi connectivity index (χ3v) is 15.6.